The van der Waals surface area contributed by atoms with Gasteiger partial charge in [0.05, 0.1) is 18.9 Å². The molecule has 0 amide bonds. The van der Waals surface area contributed by atoms with Crippen molar-refractivity contribution >= 4 is 17.6 Å². The van der Waals surface area contributed by atoms with Crippen molar-refractivity contribution in [2.45, 2.75) is 30.2 Å². The van der Waals surface area contributed by atoms with E-state index in [-0.39, 0.29) is 0 Å². The van der Waals surface area contributed by atoms with E-state index in [0.717, 1.165) is 37.2 Å². The maximum absolute atomic E-state index is 4.62. The van der Waals surface area contributed by atoms with Gasteiger partial charge in [-0.3, -0.25) is 4.90 Å². The van der Waals surface area contributed by atoms with Crippen LogP contribution in [-0.2, 0) is 6.54 Å². The first-order valence-electron chi connectivity index (χ1n) is 7.55. The summed E-state index contributed by atoms with van der Waals surface area (Å²) in [6, 6.07) is 3.27. The van der Waals surface area contributed by atoms with Gasteiger partial charge in [0.1, 0.15) is 5.82 Å². The number of piperidine rings is 1. The molecular weight excluding hydrogens is 298 g/mol. The second-order valence-electron chi connectivity index (χ2n) is 5.71. The minimum Gasteiger partial charge on any atom is -0.353 e. The fourth-order valence-electron chi connectivity index (χ4n) is 3.41. The highest BCUT2D eigenvalue weighted by Gasteiger charge is 2.44. The fraction of sp³-hybridized carbons (Fsp3) is 0.571. The highest BCUT2D eigenvalue weighted by molar-refractivity contribution is 7.98. The van der Waals surface area contributed by atoms with Gasteiger partial charge in [0, 0.05) is 37.9 Å². The van der Waals surface area contributed by atoms with Gasteiger partial charge in [0.25, 0.3) is 0 Å². The van der Waals surface area contributed by atoms with E-state index in [1.807, 2.05) is 18.5 Å². The minimum atomic E-state index is 0.627. The molecule has 0 radical (unpaired) electrons. The van der Waals surface area contributed by atoms with Crippen LogP contribution >= 0.6 is 11.8 Å². The number of aromatic nitrogens is 5. The molecule has 2 aromatic heterocycles. The van der Waals surface area contributed by atoms with Crippen LogP contribution in [0.3, 0.4) is 0 Å². The third-order valence-electron chi connectivity index (χ3n) is 4.49. The molecule has 3 saturated heterocycles. The second kappa shape index (κ2) is 5.85. The average molecular weight is 317 g/mol. The van der Waals surface area contributed by atoms with Gasteiger partial charge in [-0.15, -0.1) is 0 Å². The summed E-state index contributed by atoms with van der Waals surface area (Å²) in [6.45, 7) is 3.99. The largest absolute Gasteiger partial charge is 0.353 e. The summed E-state index contributed by atoms with van der Waals surface area (Å²) in [5, 5.41) is 9.19. The van der Waals surface area contributed by atoms with Crippen LogP contribution in [0.4, 0.5) is 5.82 Å². The Kier molecular flexibility index (Phi) is 3.71. The molecule has 3 aliphatic rings. The van der Waals surface area contributed by atoms with E-state index in [2.05, 4.69) is 30.0 Å². The topological polar surface area (TPSA) is 63.0 Å². The van der Waals surface area contributed by atoms with Crippen LogP contribution in [0, 0.1) is 0 Å². The van der Waals surface area contributed by atoms with Gasteiger partial charge in [0.2, 0.25) is 0 Å². The van der Waals surface area contributed by atoms with Crippen molar-refractivity contribution in [3.8, 4) is 0 Å². The lowest BCUT2D eigenvalue weighted by Gasteiger charge is -2.56. The molecule has 2 unspecified atom stereocenters. The zero-order chi connectivity index (χ0) is 14.9. The second-order valence-corrected chi connectivity index (χ2v) is 6.49. The summed E-state index contributed by atoms with van der Waals surface area (Å²) >= 11 is 1.59. The molecule has 0 spiro atoms. The number of anilines is 1. The number of thioether (sulfide) groups is 1. The van der Waals surface area contributed by atoms with E-state index in [4.69, 9.17) is 0 Å². The minimum absolute atomic E-state index is 0.627. The third-order valence-corrected chi connectivity index (χ3v) is 5.06. The van der Waals surface area contributed by atoms with Gasteiger partial charge in [0.15, 0.2) is 5.16 Å². The molecular formula is C14H19N7S. The molecule has 0 aliphatic carbocycles. The Balaban J connectivity index is 1.37. The molecule has 7 nitrogen and oxygen atoms in total. The SMILES string of the molecule is CSc1nccc(N2CC3CC(C2)N3CCn2nccn2)n1. The van der Waals surface area contributed by atoms with Gasteiger partial charge in [-0.25, -0.2) is 9.97 Å². The predicted octanol–water partition coefficient (Wildman–Crippen LogP) is 0.753. The van der Waals surface area contributed by atoms with E-state index in [0.29, 0.717) is 12.1 Å². The summed E-state index contributed by atoms with van der Waals surface area (Å²) in [6.07, 6.45) is 8.63. The number of nitrogens with zero attached hydrogens (tertiary/aromatic N) is 7. The van der Waals surface area contributed by atoms with Gasteiger partial charge in [-0.2, -0.15) is 15.0 Å². The number of fused-ring (bicyclic) bond motifs is 2. The molecule has 5 rings (SSSR count). The lowest BCUT2D eigenvalue weighted by molar-refractivity contribution is -0.00513. The zero-order valence-electron chi connectivity index (χ0n) is 12.5. The molecule has 22 heavy (non-hydrogen) atoms. The van der Waals surface area contributed by atoms with Crippen LogP contribution < -0.4 is 4.90 Å². The van der Waals surface area contributed by atoms with Crippen LogP contribution in [0.2, 0.25) is 0 Å². The maximum Gasteiger partial charge on any atom is 0.189 e. The molecule has 116 valence electrons. The summed E-state index contributed by atoms with van der Waals surface area (Å²) in [4.78, 5) is 15.6. The Morgan fingerprint density at radius 1 is 1.14 bits per heavy atom. The van der Waals surface area contributed by atoms with Crippen molar-refractivity contribution < 1.29 is 0 Å². The van der Waals surface area contributed by atoms with Crippen LogP contribution in [0.25, 0.3) is 0 Å². The Labute approximate surface area is 133 Å². The first-order chi connectivity index (χ1) is 10.8. The Hall–Kier alpha value is -1.67. The molecule has 0 N–H and O–H groups in total. The maximum atomic E-state index is 4.62. The van der Waals surface area contributed by atoms with Crippen molar-refractivity contribution in [2.24, 2.45) is 0 Å². The number of piperazine rings is 1. The molecule has 3 aliphatic heterocycles. The first-order valence-corrected chi connectivity index (χ1v) is 8.78. The molecule has 2 atom stereocenters. The van der Waals surface area contributed by atoms with Crippen LogP contribution in [0.1, 0.15) is 6.42 Å². The quantitative estimate of drug-likeness (QED) is 0.596. The van der Waals surface area contributed by atoms with Crippen molar-refractivity contribution in [1.82, 2.24) is 29.9 Å². The number of hydrogen-bond donors (Lipinski definition) is 0. The van der Waals surface area contributed by atoms with Gasteiger partial charge < -0.3 is 4.90 Å². The van der Waals surface area contributed by atoms with Crippen LogP contribution in [0.5, 0.6) is 0 Å². The molecule has 5 heterocycles. The zero-order valence-corrected chi connectivity index (χ0v) is 13.4. The van der Waals surface area contributed by atoms with E-state index >= 15 is 0 Å². The van der Waals surface area contributed by atoms with Gasteiger partial charge in [-0.1, -0.05) is 11.8 Å². The summed E-state index contributed by atoms with van der Waals surface area (Å²) in [5.41, 5.74) is 0. The van der Waals surface area contributed by atoms with Crippen molar-refractivity contribution in [3.05, 3.63) is 24.7 Å². The summed E-state index contributed by atoms with van der Waals surface area (Å²) < 4.78 is 0. The predicted molar refractivity (Wildman–Crippen MR) is 84.9 cm³/mol. The first kappa shape index (κ1) is 14.0. The van der Waals surface area contributed by atoms with E-state index in [9.17, 15) is 0 Å². The molecule has 0 aromatic carbocycles. The third kappa shape index (κ3) is 2.56. The van der Waals surface area contributed by atoms with E-state index in [1.165, 1.54) is 6.42 Å². The van der Waals surface area contributed by atoms with Crippen LogP contribution in [0.15, 0.2) is 29.8 Å². The monoisotopic (exact) mass is 317 g/mol. The van der Waals surface area contributed by atoms with Crippen molar-refractivity contribution in [3.63, 3.8) is 0 Å². The Morgan fingerprint density at radius 2 is 1.91 bits per heavy atom. The molecule has 8 heteroatoms. The molecule has 2 bridgehead atoms. The van der Waals surface area contributed by atoms with Crippen LogP contribution in [-0.4, -0.2) is 67.8 Å². The number of hydrogen-bond acceptors (Lipinski definition) is 7. The highest BCUT2D eigenvalue weighted by atomic mass is 32.2. The molecule has 3 fully saturated rings. The Bertz CT molecular complexity index is 620. The van der Waals surface area contributed by atoms with Gasteiger partial charge in [-0.05, 0) is 18.7 Å². The number of rotatable bonds is 5. The van der Waals surface area contributed by atoms with E-state index < -0.39 is 0 Å². The van der Waals surface area contributed by atoms with E-state index in [1.54, 1.807) is 29.0 Å². The lowest BCUT2D eigenvalue weighted by Crippen LogP contribution is -2.69. The van der Waals surface area contributed by atoms with Crippen molar-refractivity contribution in [1.29, 1.82) is 0 Å². The standard InChI is InChI=1S/C14H19N7S/c1-22-14-15-3-2-13(18-14)19-9-11-8-12(10-19)20(11)6-7-21-16-4-5-17-21/h2-5,11-12H,6-10H2,1H3. The lowest BCUT2D eigenvalue weighted by atomic mass is 9.87. The molecule has 2 aromatic rings. The summed E-state index contributed by atoms with van der Waals surface area (Å²) in [7, 11) is 0. The van der Waals surface area contributed by atoms with Crippen molar-refractivity contribution in [2.75, 3.05) is 30.8 Å². The average Bonchev–Trinajstić information content (AvgIpc) is 3.08. The smallest absolute Gasteiger partial charge is 0.189 e. The molecule has 0 saturated carbocycles. The highest BCUT2D eigenvalue weighted by Crippen LogP contribution is 2.33. The Morgan fingerprint density at radius 3 is 2.64 bits per heavy atom. The summed E-state index contributed by atoms with van der Waals surface area (Å²) in [5.74, 6) is 1.06. The normalized spacial score (nSPS) is 24.3. The van der Waals surface area contributed by atoms with Gasteiger partial charge >= 0.3 is 0 Å². The fourth-order valence-corrected chi connectivity index (χ4v) is 3.76.